The molecule has 0 bridgehead atoms. The van der Waals surface area contributed by atoms with Gasteiger partial charge in [-0.05, 0) is 24.6 Å². The number of thioether (sulfide) groups is 1. The van der Waals surface area contributed by atoms with Gasteiger partial charge in [-0.3, -0.25) is 9.59 Å². The number of anilines is 1. The fraction of sp³-hybridized carbons (Fsp3) is 0.467. The summed E-state index contributed by atoms with van der Waals surface area (Å²) in [5, 5.41) is 0. The Morgan fingerprint density at radius 3 is 2.43 bits per heavy atom. The van der Waals surface area contributed by atoms with E-state index in [4.69, 9.17) is 5.73 Å². The standard InChI is InChI=1S/C15H21N3O2S/c1-11-3-4-13(16)14(9-11)21-10-15(20)18-7-5-17(6-8-18)12(2)19/h3-4,9H,5-8,10,16H2,1-2H3. The Morgan fingerprint density at radius 2 is 1.81 bits per heavy atom. The van der Waals surface area contributed by atoms with Gasteiger partial charge in [0.15, 0.2) is 0 Å². The first-order valence-corrected chi connectivity index (χ1v) is 7.98. The van der Waals surface area contributed by atoms with Gasteiger partial charge >= 0.3 is 0 Å². The van der Waals surface area contributed by atoms with Crippen molar-refractivity contribution in [2.45, 2.75) is 18.7 Å². The second-order valence-corrected chi connectivity index (χ2v) is 6.23. The van der Waals surface area contributed by atoms with E-state index in [0.717, 1.165) is 10.5 Å². The number of amides is 2. The van der Waals surface area contributed by atoms with E-state index >= 15 is 0 Å². The summed E-state index contributed by atoms with van der Waals surface area (Å²) in [6, 6.07) is 5.83. The van der Waals surface area contributed by atoms with Crippen LogP contribution in [0.15, 0.2) is 23.1 Å². The Kier molecular flexibility index (Phi) is 5.12. The molecule has 2 amide bonds. The Balaban J connectivity index is 1.85. The molecule has 6 heteroatoms. The maximum Gasteiger partial charge on any atom is 0.233 e. The second kappa shape index (κ2) is 6.85. The van der Waals surface area contributed by atoms with Crippen LogP contribution in [0.2, 0.25) is 0 Å². The molecule has 0 radical (unpaired) electrons. The van der Waals surface area contributed by atoms with Gasteiger partial charge in [0.05, 0.1) is 5.75 Å². The van der Waals surface area contributed by atoms with Crippen LogP contribution in [-0.4, -0.2) is 53.5 Å². The van der Waals surface area contributed by atoms with Gasteiger partial charge in [-0.15, -0.1) is 11.8 Å². The van der Waals surface area contributed by atoms with Gasteiger partial charge in [-0.1, -0.05) is 6.07 Å². The summed E-state index contributed by atoms with van der Waals surface area (Å²) in [4.78, 5) is 28.0. The first-order valence-electron chi connectivity index (χ1n) is 6.99. The lowest BCUT2D eigenvalue weighted by Crippen LogP contribution is -2.50. The molecular formula is C15H21N3O2S. The summed E-state index contributed by atoms with van der Waals surface area (Å²) in [7, 11) is 0. The average Bonchev–Trinajstić information content (AvgIpc) is 2.48. The molecule has 1 fully saturated rings. The lowest BCUT2D eigenvalue weighted by atomic mass is 10.2. The minimum Gasteiger partial charge on any atom is -0.398 e. The largest absolute Gasteiger partial charge is 0.398 e. The molecule has 0 saturated carbocycles. The number of nitrogens with two attached hydrogens (primary N) is 1. The van der Waals surface area contributed by atoms with Crippen LogP contribution in [0.1, 0.15) is 12.5 Å². The molecule has 1 aromatic carbocycles. The number of rotatable bonds is 3. The van der Waals surface area contributed by atoms with E-state index in [9.17, 15) is 9.59 Å². The number of hydrogen-bond acceptors (Lipinski definition) is 4. The number of hydrogen-bond donors (Lipinski definition) is 1. The molecule has 0 aliphatic carbocycles. The van der Waals surface area contributed by atoms with Gasteiger partial charge in [0.1, 0.15) is 0 Å². The molecular weight excluding hydrogens is 286 g/mol. The quantitative estimate of drug-likeness (QED) is 0.676. The smallest absolute Gasteiger partial charge is 0.233 e. The zero-order chi connectivity index (χ0) is 15.4. The van der Waals surface area contributed by atoms with Crippen LogP contribution >= 0.6 is 11.8 Å². The lowest BCUT2D eigenvalue weighted by molar-refractivity contribution is -0.136. The van der Waals surface area contributed by atoms with E-state index in [0.29, 0.717) is 37.6 Å². The van der Waals surface area contributed by atoms with E-state index in [1.165, 1.54) is 11.8 Å². The van der Waals surface area contributed by atoms with Crippen LogP contribution in [0.5, 0.6) is 0 Å². The molecule has 5 nitrogen and oxygen atoms in total. The second-order valence-electron chi connectivity index (χ2n) is 5.22. The number of aryl methyl sites for hydroxylation is 1. The molecule has 2 rings (SSSR count). The SMILES string of the molecule is CC(=O)N1CCN(C(=O)CSc2cc(C)ccc2N)CC1. The number of piperazine rings is 1. The summed E-state index contributed by atoms with van der Waals surface area (Å²) in [6.45, 7) is 6.04. The highest BCUT2D eigenvalue weighted by atomic mass is 32.2. The molecule has 21 heavy (non-hydrogen) atoms. The molecule has 0 aromatic heterocycles. The normalized spacial score (nSPS) is 15.1. The van der Waals surface area contributed by atoms with Gasteiger partial charge < -0.3 is 15.5 Å². The molecule has 0 spiro atoms. The van der Waals surface area contributed by atoms with Crippen molar-refractivity contribution >= 4 is 29.3 Å². The van der Waals surface area contributed by atoms with Crippen LogP contribution in [0.4, 0.5) is 5.69 Å². The Labute approximate surface area is 129 Å². The predicted octanol–water partition coefficient (Wildman–Crippen LogP) is 1.36. The van der Waals surface area contributed by atoms with Crippen LogP contribution < -0.4 is 5.73 Å². The van der Waals surface area contributed by atoms with E-state index < -0.39 is 0 Å². The topological polar surface area (TPSA) is 66.6 Å². The van der Waals surface area contributed by atoms with E-state index in [1.54, 1.807) is 11.8 Å². The minimum absolute atomic E-state index is 0.0732. The summed E-state index contributed by atoms with van der Waals surface area (Å²) >= 11 is 1.47. The average molecular weight is 307 g/mol. The molecule has 1 aliphatic heterocycles. The number of nitrogens with zero attached hydrogens (tertiary/aromatic N) is 2. The first-order chi connectivity index (χ1) is 9.97. The van der Waals surface area contributed by atoms with E-state index in [-0.39, 0.29) is 11.8 Å². The third kappa shape index (κ3) is 4.14. The van der Waals surface area contributed by atoms with Crippen molar-refractivity contribution in [2.75, 3.05) is 37.7 Å². The molecule has 114 valence electrons. The summed E-state index contributed by atoms with van der Waals surface area (Å²) in [5.41, 5.74) is 7.76. The van der Waals surface area contributed by atoms with Gasteiger partial charge in [0.25, 0.3) is 0 Å². The molecule has 1 heterocycles. The zero-order valence-electron chi connectivity index (χ0n) is 12.5. The Hall–Kier alpha value is -1.69. The molecule has 1 aliphatic rings. The Morgan fingerprint density at radius 1 is 1.19 bits per heavy atom. The van der Waals surface area contributed by atoms with Crippen LogP contribution in [0.3, 0.4) is 0 Å². The highest BCUT2D eigenvalue weighted by Gasteiger charge is 2.22. The zero-order valence-corrected chi connectivity index (χ0v) is 13.3. The van der Waals surface area contributed by atoms with Crippen molar-refractivity contribution in [3.05, 3.63) is 23.8 Å². The third-order valence-electron chi connectivity index (χ3n) is 3.60. The molecule has 1 saturated heterocycles. The van der Waals surface area contributed by atoms with Gasteiger partial charge in [0.2, 0.25) is 11.8 Å². The van der Waals surface area contributed by atoms with E-state index in [1.807, 2.05) is 30.0 Å². The van der Waals surface area contributed by atoms with Crippen LogP contribution in [-0.2, 0) is 9.59 Å². The van der Waals surface area contributed by atoms with Gasteiger partial charge in [-0.2, -0.15) is 0 Å². The van der Waals surface area contributed by atoms with Crippen LogP contribution in [0.25, 0.3) is 0 Å². The summed E-state index contributed by atoms with van der Waals surface area (Å²) < 4.78 is 0. The Bertz CT molecular complexity index is 540. The summed E-state index contributed by atoms with van der Waals surface area (Å²) in [5.74, 6) is 0.557. The van der Waals surface area contributed by atoms with Crippen molar-refractivity contribution in [1.29, 1.82) is 0 Å². The molecule has 1 aromatic rings. The van der Waals surface area contributed by atoms with Crippen molar-refractivity contribution < 1.29 is 9.59 Å². The maximum atomic E-state index is 12.2. The number of carbonyl (C=O) groups excluding carboxylic acids is 2. The summed E-state index contributed by atoms with van der Waals surface area (Å²) in [6.07, 6.45) is 0. The predicted molar refractivity (Wildman–Crippen MR) is 85.1 cm³/mol. The van der Waals surface area contributed by atoms with Crippen molar-refractivity contribution in [1.82, 2.24) is 9.80 Å². The molecule has 2 N–H and O–H groups in total. The van der Waals surface area contributed by atoms with Crippen LogP contribution in [0, 0.1) is 6.92 Å². The van der Waals surface area contributed by atoms with Crippen molar-refractivity contribution in [3.63, 3.8) is 0 Å². The highest BCUT2D eigenvalue weighted by Crippen LogP contribution is 2.26. The first kappa shape index (κ1) is 15.7. The molecule has 0 unspecified atom stereocenters. The maximum absolute atomic E-state index is 12.2. The fourth-order valence-electron chi connectivity index (χ4n) is 2.27. The fourth-order valence-corrected chi connectivity index (χ4v) is 3.23. The number of benzene rings is 1. The minimum atomic E-state index is 0.0732. The van der Waals surface area contributed by atoms with Crippen molar-refractivity contribution in [3.8, 4) is 0 Å². The number of nitrogen functional groups attached to an aromatic ring is 1. The molecule has 0 atom stereocenters. The number of carbonyl (C=O) groups is 2. The van der Waals surface area contributed by atoms with Gasteiger partial charge in [0, 0.05) is 43.7 Å². The monoisotopic (exact) mass is 307 g/mol. The van der Waals surface area contributed by atoms with Crippen molar-refractivity contribution in [2.24, 2.45) is 0 Å². The third-order valence-corrected chi connectivity index (χ3v) is 4.65. The highest BCUT2D eigenvalue weighted by molar-refractivity contribution is 8.00. The lowest BCUT2D eigenvalue weighted by Gasteiger charge is -2.34. The van der Waals surface area contributed by atoms with Gasteiger partial charge in [-0.25, -0.2) is 0 Å². The van der Waals surface area contributed by atoms with E-state index in [2.05, 4.69) is 0 Å².